The number of halogens is 3. The Hall–Kier alpha value is -1.72. The number of alkyl halides is 3. The Morgan fingerprint density at radius 3 is 2.65 bits per heavy atom. The molecule has 1 amide bonds. The van der Waals surface area contributed by atoms with E-state index in [1.807, 2.05) is 0 Å². The molecule has 0 aromatic heterocycles. The van der Waals surface area contributed by atoms with Crippen LogP contribution in [0.5, 0.6) is 0 Å². The van der Waals surface area contributed by atoms with Gasteiger partial charge >= 0.3 is 6.18 Å². The molecule has 0 aliphatic rings. The van der Waals surface area contributed by atoms with E-state index in [4.69, 9.17) is 0 Å². The molecule has 0 aliphatic heterocycles. The molecule has 112 valence electrons. The fourth-order valence-corrected chi connectivity index (χ4v) is 1.65. The van der Waals surface area contributed by atoms with Crippen LogP contribution in [0.2, 0.25) is 0 Å². The zero-order chi connectivity index (χ0) is 15.0. The topological polar surface area (TPSA) is 41.1 Å². The summed E-state index contributed by atoms with van der Waals surface area (Å²) in [6.07, 6.45) is -1.36. The van der Waals surface area contributed by atoms with Crippen molar-refractivity contribution in [2.24, 2.45) is 0 Å². The second kappa shape index (κ2) is 7.77. The third-order valence-corrected chi connectivity index (χ3v) is 2.75. The van der Waals surface area contributed by atoms with Crippen LogP contribution in [-0.2, 0) is 11.0 Å². The number of carbonyl (C=O) groups excluding carboxylic acids is 1. The van der Waals surface area contributed by atoms with E-state index in [-0.39, 0.29) is 18.1 Å². The van der Waals surface area contributed by atoms with Crippen LogP contribution in [0.4, 0.5) is 18.9 Å². The molecule has 0 heterocycles. The Morgan fingerprint density at radius 2 is 2.00 bits per heavy atom. The van der Waals surface area contributed by atoms with E-state index in [0.717, 1.165) is 31.4 Å². The summed E-state index contributed by atoms with van der Waals surface area (Å²) in [6.45, 7) is 2.63. The normalized spacial score (nSPS) is 11.2. The predicted molar refractivity (Wildman–Crippen MR) is 72.5 cm³/mol. The fourth-order valence-electron chi connectivity index (χ4n) is 1.65. The van der Waals surface area contributed by atoms with Crippen LogP contribution >= 0.6 is 0 Å². The third-order valence-electron chi connectivity index (χ3n) is 2.75. The monoisotopic (exact) mass is 288 g/mol. The van der Waals surface area contributed by atoms with Crippen molar-refractivity contribution in [3.05, 3.63) is 29.8 Å². The minimum atomic E-state index is -4.37. The van der Waals surface area contributed by atoms with Gasteiger partial charge in [-0.15, -0.1) is 0 Å². The number of hydrogen-bond acceptors (Lipinski definition) is 2. The van der Waals surface area contributed by atoms with Crippen molar-refractivity contribution in [2.45, 2.75) is 32.4 Å². The molecule has 6 heteroatoms. The largest absolute Gasteiger partial charge is 0.416 e. The first-order valence-corrected chi connectivity index (χ1v) is 6.61. The zero-order valence-electron chi connectivity index (χ0n) is 11.4. The molecule has 0 radical (unpaired) electrons. The highest BCUT2D eigenvalue weighted by Crippen LogP contribution is 2.30. The standard InChI is InChI=1S/C14H19F3N2O/c1-2-3-4-8-18-13(20)10-19-12-7-5-6-11(9-12)14(15,16)17/h5-7,9,19H,2-4,8,10H2,1H3,(H,18,20). The van der Waals surface area contributed by atoms with Crippen molar-refractivity contribution in [3.63, 3.8) is 0 Å². The van der Waals surface area contributed by atoms with E-state index in [2.05, 4.69) is 17.6 Å². The van der Waals surface area contributed by atoms with Crippen LogP contribution in [-0.4, -0.2) is 19.0 Å². The smallest absolute Gasteiger partial charge is 0.376 e. The first-order valence-electron chi connectivity index (χ1n) is 6.61. The molecule has 0 saturated carbocycles. The molecule has 0 bridgehead atoms. The number of anilines is 1. The van der Waals surface area contributed by atoms with Crippen LogP contribution in [0.25, 0.3) is 0 Å². The van der Waals surface area contributed by atoms with E-state index >= 15 is 0 Å². The van der Waals surface area contributed by atoms with Crippen LogP contribution in [0.1, 0.15) is 31.7 Å². The maximum atomic E-state index is 12.5. The lowest BCUT2D eigenvalue weighted by molar-refractivity contribution is -0.137. The van der Waals surface area contributed by atoms with Gasteiger partial charge in [-0.3, -0.25) is 4.79 Å². The maximum Gasteiger partial charge on any atom is 0.416 e. The van der Waals surface area contributed by atoms with Gasteiger partial charge < -0.3 is 10.6 Å². The highest BCUT2D eigenvalue weighted by Gasteiger charge is 2.30. The second-order valence-corrected chi connectivity index (χ2v) is 4.49. The van der Waals surface area contributed by atoms with E-state index in [1.54, 1.807) is 0 Å². The average molecular weight is 288 g/mol. The Labute approximate surface area is 116 Å². The van der Waals surface area contributed by atoms with Crippen molar-refractivity contribution in [3.8, 4) is 0 Å². The molecule has 0 saturated heterocycles. The van der Waals surface area contributed by atoms with Crippen molar-refractivity contribution in [2.75, 3.05) is 18.4 Å². The summed E-state index contributed by atoms with van der Waals surface area (Å²) in [4.78, 5) is 11.5. The number of amides is 1. The average Bonchev–Trinajstić information content (AvgIpc) is 2.41. The summed E-state index contributed by atoms with van der Waals surface area (Å²) in [5, 5.41) is 5.39. The molecule has 0 unspecified atom stereocenters. The summed E-state index contributed by atoms with van der Waals surface area (Å²) < 4.78 is 37.5. The molecule has 0 atom stereocenters. The second-order valence-electron chi connectivity index (χ2n) is 4.49. The van der Waals surface area contributed by atoms with Gasteiger partial charge in [-0.05, 0) is 24.6 Å². The summed E-state index contributed by atoms with van der Waals surface area (Å²) in [5.41, 5.74) is -0.450. The van der Waals surface area contributed by atoms with Gasteiger partial charge in [0, 0.05) is 12.2 Å². The lowest BCUT2D eigenvalue weighted by Gasteiger charge is -2.10. The molecular formula is C14H19F3N2O. The molecule has 1 rings (SSSR count). The van der Waals surface area contributed by atoms with Gasteiger partial charge in [0.15, 0.2) is 0 Å². The summed E-state index contributed by atoms with van der Waals surface area (Å²) in [6, 6.07) is 4.80. The van der Waals surface area contributed by atoms with Gasteiger partial charge in [-0.25, -0.2) is 0 Å². The van der Waals surface area contributed by atoms with Gasteiger partial charge in [-0.2, -0.15) is 13.2 Å². The van der Waals surface area contributed by atoms with Gasteiger partial charge in [0.25, 0.3) is 0 Å². The minimum Gasteiger partial charge on any atom is -0.376 e. The number of nitrogens with one attached hydrogen (secondary N) is 2. The van der Waals surface area contributed by atoms with Crippen molar-refractivity contribution in [1.82, 2.24) is 5.32 Å². The van der Waals surface area contributed by atoms with Gasteiger partial charge in [-0.1, -0.05) is 25.8 Å². The molecule has 0 spiro atoms. The fraction of sp³-hybridized carbons (Fsp3) is 0.500. The number of hydrogen-bond donors (Lipinski definition) is 2. The van der Waals surface area contributed by atoms with Crippen LogP contribution in [0.15, 0.2) is 24.3 Å². The first kappa shape index (κ1) is 16.3. The van der Waals surface area contributed by atoms with Gasteiger partial charge in [0.05, 0.1) is 12.1 Å². The van der Waals surface area contributed by atoms with Gasteiger partial charge in [0.1, 0.15) is 0 Å². The predicted octanol–water partition coefficient (Wildman–Crippen LogP) is 3.42. The highest BCUT2D eigenvalue weighted by molar-refractivity contribution is 5.80. The number of carbonyl (C=O) groups is 1. The Kier molecular flexibility index (Phi) is 6.35. The lowest BCUT2D eigenvalue weighted by atomic mass is 10.2. The minimum absolute atomic E-state index is 0.0343. The van der Waals surface area contributed by atoms with Crippen molar-refractivity contribution >= 4 is 11.6 Å². The molecule has 0 fully saturated rings. The third kappa shape index (κ3) is 5.95. The van der Waals surface area contributed by atoms with Crippen molar-refractivity contribution in [1.29, 1.82) is 0 Å². The molecule has 0 aliphatic carbocycles. The number of rotatable bonds is 7. The van der Waals surface area contributed by atoms with Crippen LogP contribution < -0.4 is 10.6 Å². The summed E-state index contributed by atoms with van der Waals surface area (Å²) in [5.74, 6) is -0.224. The van der Waals surface area contributed by atoms with Gasteiger partial charge in [0.2, 0.25) is 5.91 Å². The quantitative estimate of drug-likeness (QED) is 0.755. The Balaban J connectivity index is 2.40. The molecule has 3 nitrogen and oxygen atoms in total. The van der Waals surface area contributed by atoms with Crippen LogP contribution in [0, 0.1) is 0 Å². The van der Waals surface area contributed by atoms with E-state index < -0.39 is 11.7 Å². The number of benzene rings is 1. The molecule has 1 aromatic rings. The maximum absolute atomic E-state index is 12.5. The van der Waals surface area contributed by atoms with E-state index in [0.29, 0.717) is 6.54 Å². The molecule has 20 heavy (non-hydrogen) atoms. The van der Waals surface area contributed by atoms with Crippen molar-refractivity contribution < 1.29 is 18.0 Å². The summed E-state index contributed by atoms with van der Waals surface area (Å²) >= 11 is 0. The SMILES string of the molecule is CCCCCNC(=O)CNc1cccc(C(F)(F)F)c1. The lowest BCUT2D eigenvalue weighted by Crippen LogP contribution is -2.30. The summed E-state index contributed by atoms with van der Waals surface area (Å²) in [7, 11) is 0. The zero-order valence-corrected chi connectivity index (χ0v) is 11.4. The Bertz CT molecular complexity index is 433. The first-order chi connectivity index (χ1) is 9.43. The molecular weight excluding hydrogens is 269 g/mol. The highest BCUT2D eigenvalue weighted by atomic mass is 19.4. The number of unbranched alkanes of at least 4 members (excludes halogenated alkanes) is 2. The van der Waals surface area contributed by atoms with E-state index in [1.165, 1.54) is 12.1 Å². The molecule has 1 aromatic carbocycles. The Morgan fingerprint density at radius 1 is 1.25 bits per heavy atom. The van der Waals surface area contributed by atoms with Crippen LogP contribution in [0.3, 0.4) is 0 Å². The van der Waals surface area contributed by atoms with E-state index in [9.17, 15) is 18.0 Å². The molecule has 2 N–H and O–H groups in total.